The van der Waals surface area contributed by atoms with E-state index in [1.54, 1.807) is 7.11 Å². The topological polar surface area (TPSA) is 35.2 Å². The Morgan fingerprint density at radius 3 is 2.71 bits per heavy atom. The van der Waals surface area contributed by atoms with E-state index >= 15 is 0 Å². The van der Waals surface area contributed by atoms with Crippen LogP contribution in [0.15, 0.2) is 0 Å². The Morgan fingerprint density at radius 1 is 1.50 bits per heavy atom. The van der Waals surface area contributed by atoms with Gasteiger partial charge in [-0.25, -0.2) is 0 Å². The molecule has 0 bridgehead atoms. The van der Waals surface area contributed by atoms with E-state index in [1.165, 1.54) is 19.3 Å². The molecule has 2 nitrogen and oxygen atoms in total. The molecule has 2 unspecified atom stereocenters. The van der Waals surface area contributed by atoms with Crippen LogP contribution in [-0.4, -0.2) is 19.8 Å². The van der Waals surface area contributed by atoms with Crippen molar-refractivity contribution in [2.75, 3.05) is 13.7 Å². The van der Waals surface area contributed by atoms with Crippen LogP contribution in [0.1, 0.15) is 46.0 Å². The van der Waals surface area contributed by atoms with Gasteiger partial charge in [0.15, 0.2) is 0 Å². The Balaban J connectivity index is 2.32. The van der Waals surface area contributed by atoms with E-state index < -0.39 is 0 Å². The average Bonchev–Trinajstić information content (AvgIpc) is 2.45. The summed E-state index contributed by atoms with van der Waals surface area (Å²) in [6.07, 6.45) is 6.23. The highest BCUT2D eigenvalue weighted by atomic mass is 16.5. The van der Waals surface area contributed by atoms with Crippen molar-refractivity contribution < 1.29 is 4.74 Å². The predicted molar refractivity (Wildman–Crippen MR) is 60.2 cm³/mol. The van der Waals surface area contributed by atoms with Crippen LogP contribution in [0.25, 0.3) is 0 Å². The highest BCUT2D eigenvalue weighted by molar-refractivity contribution is 4.90. The Hall–Kier alpha value is -0.0800. The first kappa shape index (κ1) is 12.0. The van der Waals surface area contributed by atoms with Gasteiger partial charge in [0.2, 0.25) is 0 Å². The molecule has 1 aliphatic carbocycles. The zero-order chi connectivity index (χ0) is 10.6. The monoisotopic (exact) mass is 199 g/mol. The molecule has 0 aromatic rings. The second-order valence-corrected chi connectivity index (χ2v) is 5.29. The van der Waals surface area contributed by atoms with Crippen LogP contribution in [0, 0.1) is 11.3 Å². The molecule has 0 saturated heterocycles. The number of nitrogens with two attached hydrogens (primary N) is 1. The maximum Gasteiger partial charge on any atom is 0.0462 e. The third-order valence-electron chi connectivity index (χ3n) is 3.74. The van der Waals surface area contributed by atoms with E-state index in [1.807, 2.05) is 0 Å². The van der Waals surface area contributed by atoms with Crippen molar-refractivity contribution in [3.05, 3.63) is 0 Å². The van der Waals surface area contributed by atoms with Gasteiger partial charge in [0.05, 0.1) is 0 Å². The Kier molecular flexibility index (Phi) is 4.39. The molecule has 0 amide bonds. The van der Waals surface area contributed by atoms with Gasteiger partial charge in [-0.05, 0) is 37.0 Å². The van der Waals surface area contributed by atoms with Crippen molar-refractivity contribution in [3.8, 4) is 0 Å². The summed E-state index contributed by atoms with van der Waals surface area (Å²) >= 11 is 0. The zero-order valence-corrected chi connectivity index (χ0v) is 9.88. The standard InChI is InChI=1S/C12H25NO/c1-12(2)8-4-6-10(12)11(13)7-5-9-14-3/h10-11H,4-9,13H2,1-3H3. The summed E-state index contributed by atoms with van der Waals surface area (Å²) in [6.45, 7) is 5.57. The van der Waals surface area contributed by atoms with Gasteiger partial charge in [-0.15, -0.1) is 0 Å². The van der Waals surface area contributed by atoms with Gasteiger partial charge in [-0.1, -0.05) is 20.3 Å². The fourth-order valence-electron chi connectivity index (χ4n) is 2.81. The van der Waals surface area contributed by atoms with Gasteiger partial charge < -0.3 is 10.5 Å². The van der Waals surface area contributed by atoms with Crippen LogP contribution < -0.4 is 5.73 Å². The lowest BCUT2D eigenvalue weighted by Crippen LogP contribution is -2.36. The molecule has 0 spiro atoms. The SMILES string of the molecule is COCCCC(N)C1CCCC1(C)C. The van der Waals surface area contributed by atoms with Crippen molar-refractivity contribution in [1.82, 2.24) is 0 Å². The first-order chi connectivity index (χ1) is 6.58. The molecule has 1 saturated carbocycles. The fraction of sp³-hybridized carbons (Fsp3) is 1.00. The summed E-state index contributed by atoms with van der Waals surface area (Å²) < 4.78 is 5.05. The Morgan fingerprint density at radius 2 is 2.21 bits per heavy atom. The third-order valence-corrected chi connectivity index (χ3v) is 3.74. The molecule has 1 rings (SSSR count). The molecule has 1 aliphatic rings. The summed E-state index contributed by atoms with van der Waals surface area (Å²) in [5.74, 6) is 0.722. The lowest BCUT2D eigenvalue weighted by molar-refractivity contribution is 0.172. The van der Waals surface area contributed by atoms with Gasteiger partial charge in [0.25, 0.3) is 0 Å². The lowest BCUT2D eigenvalue weighted by atomic mass is 9.76. The third kappa shape index (κ3) is 2.96. The van der Waals surface area contributed by atoms with Crippen molar-refractivity contribution in [3.63, 3.8) is 0 Å². The highest BCUT2D eigenvalue weighted by Crippen LogP contribution is 2.44. The molecular weight excluding hydrogens is 174 g/mol. The van der Waals surface area contributed by atoms with E-state index in [4.69, 9.17) is 10.5 Å². The Bertz CT molecular complexity index is 168. The smallest absolute Gasteiger partial charge is 0.0462 e. The van der Waals surface area contributed by atoms with Gasteiger partial charge in [-0.3, -0.25) is 0 Å². The summed E-state index contributed by atoms with van der Waals surface area (Å²) in [4.78, 5) is 0. The number of rotatable bonds is 5. The molecule has 0 aromatic carbocycles. The average molecular weight is 199 g/mol. The molecular formula is C12H25NO. The Labute approximate surface area is 88.2 Å². The molecule has 2 atom stereocenters. The van der Waals surface area contributed by atoms with Crippen LogP contribution in [0.4, 0.5) is 0 Å². The van der Waals surface area contributed by atoms with Gasteiger partial charge >= 0.3 is 0 Å². The number of methoxy groups -OCH3 is 1. The number of hydrogen-bond acceptors (Lipinski definition) is 2. The molecule has 1 fully saturated rings. The summed E-state index contributed by atoms with van der Waals surface area (Å²) in [7, 11) is 1.75. The van der Waals surface area contributed by atoms with E-state index in [0.717, 1.165) is 25.4 Å². The first-order valence-electron chi connectivity index (χ1n) is 5.82. The minimum Gasteiger partial charge on any atom is -0.385 e. The predicted octanol–water partition coefficient (Wildman–Crippen LogP) is 2.57. The van der Waals surface area contributed by atoms with E-state index in [2.05, 4.69) is 13.8 Å². The lowest BCUT2D eigenvalue weighted by Gasteiger charge is -2.32. The van der Waals surface area contributed by atoms with Gasteiger partial charge in [0, 0.05) is 19.8 Å². The highest BCUT2D eigenvalue weighted by Gasteiger charge is 2.37. The first-order valence-corrected chi connectivity index (χ1v) is 5.82. The molecule has 84 valence electrons. The normalized spacial score (nSPS) is 27.9. The van der Waals surface area contributed by atoms with Crippen molar-refractivity contribution in [2.45, 2.75) is 52.0 Å². The van der Waals surface area contributed by atoms with E-state index in [0.29, 0.717) is 11.5 Å². The van der Waals surface area contributed by atoms with Crippen LogP contribution in [0.3, 0.4) is 0 Å². The molecule has 0 aliphatic heterocycles. The van der Waals surface area contributed by atoms with Crippen LogP contribution >= 0.6 is 0 Å². The molecule has 2 N–H and O–H groups in total. The van der Waals surface area contributed by atoms with E-state index in [9.17, 15) is 0 Å². The molecule has 2 heteroatoms. The fourth-order valence-corrected chi connectivity index (χ4v) is 2.81. The maximum absolute atomic E-state index is 6.24. The van der Waals surface area contributed by atoms with Crippen molar-refractivity contribution >= 4 is 0 Å². The van der Waals surface area contributed by atoms with Crippen molar-refractivity contribution in [2.24, 2.45) is 17.1 Å². The van der Waals surface area contributed by atoms with E-state index in [-0.39, 0.29) is 0 Å². The molecule has 0 radical (unpaired) electrons. The van der Waals surface area contributed by atoms with Gasteiger partial charge in [-0.2, -0.15) is 0 Å². The van der Waals surface area contributed by atoms with Crippen molar-refractivity contribution in [1.29, 1.82) is 0 Å². The molecule has 0 aromatic heterocycles. The summed E-state index contributed by atoms with van der Waals surface area (Å²) in [5.41, 5.74) is 6.70. The van der Waals surface area contributed by atoms with Crippen LogP contribution in [0.2, 0.25) is 0 Å². The molecule has 0 heterocycles. The summed E-state index contributed by atoms with van der Waals surface area (Å²) in [5, 5.41) is 0. The second-order valence-electron chi connectivity index (χ2n) is 5.29. The number of ether oxygens (including phenoxy) is 1. The van der Waals surface area contributed by atoms with Gasteiger partial charge in [0.1, 0.15) is 0 Å². The minimum absolute atomic E-state index is 0.377. The second kappa shape index (κ2) is 5.13. The molecule has 14 heavy (non-hydrogen) atoms. The zero-order valence-electron chi connectivity index (χ0n) is 9.88. The summed E-state index contributed by atoms with van der Waals surface area (Å²) in [6, 6.07) is 0.377. The maximum atomic E-state index is 6.24. The van der Waals surface area contributed by atoms with Crippen LogP contribution in [0.5, 0.6) is 0 Å². The quantitative estimate of drug-likeness (QED) is 0.691. The largest absolute Gasteiger partial charge is 0.385 e. The minimum atomic E-state index is 0.377. The number of hydrogen-bond donors (Lipinski definition) is 1. The van der Waals surface area contributed by atoms with Crippen LogP contribution in [-0.2, 0) is 4.74 Å².